The highest BCUT2D eigenvalue weighted by Gasteiger charge is 2.35. The molecule has 1 fully saturated rings. The van der Waals surface area contributed by atoms with Crippen molar-refractivity contribution in [3.63, 3.8) is 0 Å². The van der Waals surface area contributed by atoms with Gasteiger partial charge in [-0.15, -0.1) is 11.8 Å². The predicted octanol–water partition coefficient (Wildman–Crippen LogP) is 3.68. The molecule has 6 heteroatoms. The number of rotatable bonds is 2. The highest BCUT2D eigenvalue weighted by Crippen LogP contribution is 2.45. The van der Waals surface area contributed by atoms with Crippen LogP contribution in [0.15, 0.2) is 36.4 Å². The largest absolute Gasteiger partial charge is 0.486 e. The fourth-order valence-corrected chi connectivity index (χ4v) is 4.15. The van der Waals surface area contributed by atoms with E-state index in [4.69, 9.17) is 9.47 Å². The number of anilines is 1. The summed E-state index contributed by atoms with van der Waals surface area (Å²) in [6.07, 6.45) is 0. The van der Waals surface area contributed by atoms with Gasteiger partial charge in [-0.3, -0.25) is 9.69 Å². The molecule has 124 valence electrons. The highest BCUT2D eigenvalue weighted by atomic mass is 32.2. The van der Waals surface area contributed by atoms with E-state index in [0.29, 0.717) is 36.2 Å². The van der Waals surface area contributed by atoms with Gasteiger partial charge in [-0.1, -0.05) is 12.1 Å². The zero-order chi connectivity index (χ0) is 16.7. The molecule has 0 N–H and O–H groups in total. The fraction of sp³-hybridized carbons (Fsp3) is 0.278. The molecule has 0 spiro atoms. The molecule has 0 saturated carbocycles. The Morgan fingerprint density at radius 3 is 2.75 bits per heavy atom. The number of aryl methyl sites for hydroxylation is 1. The molecule has 0 radical (unpaired) electrons. The third kappa shape index (κ3) is 2.60. The molecule has 1 saturated heterocycles. The van der Waals surface area contributed by atoms with Crippen LogP contribution >= 0.6 is 11.8 Å². The van der Waals surface area contributed by atoms with Crippen molar-refractivity contribution in [3.05, 3.63) is 53.3 Å². The van der Waals surface area contributed by atoms with Crippen LogP contribution in [0.5, 0.6) is 11.5 Å². The SMILES string of the molecule is Cc1ccc(F)cc1N1C(=O)CSC1c1ccc2c(c1)OCCO2. The minimum absolute atomic E-state index is 0.0198. The zero-order valence-electron chi connectivity index (χ0n) is 13.1. The molecule has 24 heavy (non-hydrogen) atoms. The molecule has 4 rings (SSSR count). The van der Waals surface area contributed by atoms with Gasteiger partial charge in [-0.25, -0.2) is 4.39 Å². The van der Waals surface area contributed by atoms with Crippen molar-refractivity contribution in [2.45, 2.75) is 12.3 Å². The normalized spacial score (nSPS) is 19.7. The molecule has 1 amide bonds. The van der Waals surface area contributed by atoms with Gasteiger partial charge in [0.25, 0.3) is 0 Å². The first-order valence-corrected chi connectivity index (χ1v) is 8.78. The highest BCUT2D eigenvalue weighted by molar-refractivity contribution is 8.00. The van der Waals surface area contributed by atoms with Crippen LogP contribution in [0.3, 0.4) is 0 Å². The maximum atomic E-state index is 13.7. The lowest BCUT2D eigenvalue weighted by molar-refractivity contribution is -0.115. The maximum absolute atomic E-state index is 13.7. The van der Waals surface area contributed by atoms with E-state index in [1.165, 1.54) is 23.9 Å². The van der Waals surface area contributed by atoms with Gasteiger partial charge in [0.15, 0.2) is 11.5 Å². The molecule has 2 aromatic rings. The second-order valence-corrected chi connectivity index (χ2v) is 6.83. The Bertz CT molecular complexity index is 811. The first-order chi connectivity index (χ1) is 11.6. The molecule has 0 aliphatic carbocycles. The van der Waals surface area contributed by atoms with E-state index in [2.05, 4.69) is 0 Å². The monoisotopic (exact) mass is 345 g/mol. The van der Waals surface area contributed by atoms with E-state index in [9.17, 15) is 9.18 Å². The van der Waals surface area contributed by atoms with Crippen LogP contribution in [0.1, 0.15) is 16.5 Å². The van der Waals surface area contributed by atoms with Crippen molar-refractivity contribution in [2.75, 3.05) is 23.9 Å². The van der Waals surface area contributed by atoms with Gasteiger partial charge in [-0.05, 0) is 42.3 Å². The van der Waals surface area contributed by atoms with Crippen molar-refractivity contribution in [1.82, 2.24) is 0 Å². The first kappa shape index (κ1) is 15.3. The molecular weight excluding hydrogens is 329 g/mol. The maximum Gasteiger partial charge on any atom is 0.238 e. The average Bonchev–Trinajstić information content (AvgIpc) is 2.98. The van der Waals surface area contributed by atoms with Gasteiger partial charge in [0.05, 0.1) is 11.4 Å². The summed E-state index contributed by atoms with van der Waals surface area (Å²) in [6.45, 7) is 2.93. The molecule has 1 atom stereocenters. The third-order valence-electron chi connectivity index (χ3n) is 4.15. The number of fused-ring (bicyclic) bond motifs is 1. The molecule has 2 aliphatic rings. The smallest absolute Gasteiger partial charge is 0.238 e. The lowest BCUT2D eigenvalue weighted by Crippen LogP contribution is -2.28. The number of amides is 1. The molecule has 0 aromatic heterocycles. The average molecular weight is 345 g/mol. The van der Waals surface area contributed by atoms with Gasteiger partial charge in [0.1, 0.15) is 24.4 Å². The summed E-state index contributed by atoms with van der Waals surface area (Å²) in [5.41, 5.74) is 2.43. The van der Waals surface area contributed by atoms with Crippen molar-refractivity contribution < 1.29 is 18.7 Å². The Morgan fingerprint density at radius 1 is 1.12 bits per heavy atom. The predicted molar refractivity (Wildman–Crippen MR) is 91.3 cm³/mol. The molecule has 4 nitrogen and oxygen atoms in total. The summed E-state index contributed by atoms with van der Waals surface area (Å²) in [4.78, 5) is 14.1. The second kappa shape index (κ2) is 6.02. The summed E-state index contributed by atoms with van der Waals surface area (Å²) >= 11 is 1.53. The standard InChI is InChI=1S/C18H16FNO3S/c1-11-2-4-13(19)9-14(11)20-17(21)10-24-18(20)12-3-5-15-16(8-12)23-7-6-22-15/h2-5,8-9,18H,6-7,10H2,1H3. The minimum Gasteiger partial charge on any atom is -0.486 e. The molecule has 2 aliphatic heterocycles. The van der Waals surface area contributed by atoms with Crippen molar-refractivity contribution in [3.8, 4) is 11.5 Å². The number of hydrogen-bond donors (Lipinski definition) is 0. The summed E-state index contributed by atoms with van der Waals surface area (Å²) in [7, 11) is 0. The van der Waals surface area contributed by atoms with Gasteiger partial charge < -0.3 is 9.47 Å². The van der Waals surface area contributed by atoms with Crippen LogP contribution in [0.25, 0.3) is 0 Å². The van der Waals surface area contributed by atoms with Gasteiger partial charge in [0, 0.05) is 0 Å². The van der Waals surface area contributed by atoms with E-state index < -0.39 is 0 Å². The number of nitrogens with zero attached hydrogens (tertiary/aromatic N) is 1. The van der Waals surface area contributed by atoms with E-state index in [1.54, 1.807) is 11.0 Å². The minimum atomic E-state index is -0.346. The number of ether oxygens (including phenoxy) is 2. The summed E-state index contributed by atoms with van der Waals surface area (Å²) in [5.74, 6) is 1.41. The summed E-state index contributed by atoms with van der Waals surface area (Å²) in [6, 6.07) is 10.2. The van der Waals surface area contributed by atoms with Crippen LogP contribution < -0.4 is 14.4 Å². The van der Waals surface area contributed by atoms with E-state index >= 15 is 0 Å². The zero-order valence-corrected chi connectivity index (χ0v) is 13.9. The summed E-state index contributed by atoms with van der Waals surface area (Å²) < 4.78 is 24.9. The van der Waals surface area contributed by atoms with Gasteiger partial charge in [0.2, 0.25) is 5.91 Å². The molecule has 1 unspecified atom stereocenters. The van der Waals surface area contributed by atoms with Crippen molar-refractivity contribution in [1.29, 1.82) is 0 Å². The van der Waals surface area contributed by atoms with E-state index in [1.807, 2.05) is 25.1 Å². The van der Waals surface area contributed by atoms with E-state index in [-0.39, 0.29) is 17.1 Å². The van der Waals surface area contributed by atoms with Crippen molar-refractivity contribution >= 4 is 23.4 Å². The Labute approximate surface area is 143 Å². The number of halogens is 1. The van der Waals surface area contributed by atoms with Crippen LogP contribution in [-0.2, 0) is 4.79 Å². The number of benzene rings is 2. The molecular formula is C18H16FNO3S. The lowest BCUT2D eigenvalue weighted by Gasteiger charge is -2.27. The Balaban J connectivity index is 1.74. The van der Waals surface area contributed by atoms with Crippen LogP contribution in [0.4, 0.5) is 10.1 Å². The Morgan fingerprint density at radius 2 is 1.92 bits per heavy atom. The van der Waals surface area contributed by atoms with Gasteiger partial charge >= 0.3 is 0 Å². The second-order valence-electron chi connectivity index (χ2n) is 5.76. The molecule has 2 heterocycles. The number of carbonyl (C=O) groups excluding carboxylic acids is 1. The fourth-order valence-electron chi connectivity index (χ4n) is 2.99. The number of carbonyl (C=O) groups is 1. The van der Waals surface area contributed by atoms with Gasteiger partial charge in [-0.2, -0.15) is 0 Å². The molecule has 2 aromatic carbocycles. The number of hydrogen-bond acceptors (Lipinski definition) is 4. The third-order valence-corrected chi connectivity index (χ3v) is 5.36. The summed E-state index contributed by atoms with van der Waals surface area (Å²) in [5, 5.41) is -0.200. The Hall–Kier alpha value is -2.21. The molecule has 0 bridgehead atoms. The topological polar surface area (TPSA) is 38.8 Å². The van der Waals surface area contributed by atoms with Crippen LogP contribution in [-0.4, -0.2) is 24.9 Å². The van der Waals surface area contributed by atoms with Crippen molar-refractivity contribution in [2.24, 2.45) is 0 Å². The van der Waals surface area contributed by atoms with Crippen LogP contribution in [0, 0.1) is 12.7 Å². The lowest BCUT2D eigenvalue weighted by atomic mass is 10.1. The quantitative estimate of drug-likeness (QED) is 0.832. The first-order valence-electron chi connectivity index (χ1n) is 7.73. The van der Waals surface area contributed by atoms with E-state index in [0.717, 1.165) is 11.1 Å². The number of thioether (sulfide) groups is 1. The Kier molecular flexibility index (Phi) is 3.84. The van der Waals surface area contributed by atoms with Crippen LogP contribution in [0.2, 0.25) is 0 Å².